The van der Waals surface area contributed by atoms with E-state index in [9.17, 15) is 38.4 Å². The molecule has 4 aromatic rings. The summed E-state index contributed by atoms with van der Waals surface area (Å²) < 4.78 is 30.9. The third kappa shape index (κ3) is 11.6. The van der Waals surface area contributed by atoms with Crippen LogP contribution in [0.2, 0.25) is 0 Å². The predicted octanol–water partition coefficient (Wildman–Crippen LogP) is 3.20. The number of fused-ring (bicyclic) bond motifs is 5. The Hall–Kier alpha value is -7.07. The van der Waals surface area contributed by atoms with Gasteiger partial charge in [-0.05, 0) is 68.1 Å². The second-order valence-electron chi connectivity index (χ2n) is 19.8. The lowest BCUT2D eigenvalue weighted by atomic mass is 9.81. The molecule has 2 fully saturated rings. The van der Waals surface area contributed by atoms with Crippen molar-refractivity contribution in [1.29, 1.82) is 0 Å². The fraction of sp³-hybridized carbons (Fsp3) is 0.558. The van der Waals surface area contributed by atoms with Crippen LogP contribution in [0.15, 0.2) is 41.3 Å². The molecule has 1 saturated carbocycles. The Labute approximate surface area is 427 Å². The largest absolute Gasteiger partial charge is 0.509 e. The summed E-state index contributed by atoms with van der Waals surface area (Å²) in [5.74, 6) is -2.54. The molecule has 8 rings (SSSR count). The normalized spacial score (nSPS) is 20.4. The molecular weight excluding hydrogens is 959 g/mol. The number of nitrogens with zero attached hydrogens (tertiary/aromatic N) is 6. The van der Waals surface area contributed by atoms with E-state index in [-0.39, 0.29) is 110 Å². The maximum absolute atomic E-state index is 14.1. The summed E-state index contributed by atoms with van der Waals surface area (Å²) in [5, 5.41) is 17.6. The summed E-state index contributed by atoms with van der Waals surface area (Å²) >= 11 is 0. The maximum atomic E-state index is 14.1. The van der Waals surface area contributed by atoms with E-state index in [0.29, 0.717) is 49.6 Å². The van der Waals surface area contributed by atoms with Gasteiger partial charge in [-0.15, -0.1) is 5.10 Å². The van der Waals surface area contributed by atoms with Gasteiger partial charge in [0.2, 0.25) is 35.1 Å². The van der Waals surface area contributed by atoms with Gasteiger partial charge < -0.3 is 44.2 Å². The number of imide groups is 1. The third-order valence-corrected chi connectivity index (χ3v) is 14.5. The summed E-state index contributed by atoms with van der Waals surface area (Å²) in [4.78, 5) is 110. The quantitative estimate of drug-likeness (QED) is 0.0510. The maximum Gasteiger partial charge on any atom is 0.509 e. The molecule has 1 aromatic carbocycles. The first-order valence-corrected chi connectivity index (χ1v) is 25.5. The molecule has 0 spiro atoms. The van der Waals surface area contributed by atoms with Gasteiger partial charge in [0.15, 0.2) is 0 Å². The van der Waals surface area contributed by atoms with Gasteiger partial charge in [-0.2, -0.15) is 0 Å². The van der Waals surface area contributed by atoms with Crippen LogP contribution in [-0.4, -0.2) is 123 Å². The van der Waals surface area contributed by atoms with Crippen LogP contribution in [-0.2, 0) is 90.7 Å². The van der Waals surface area contributed by atoms with Gasteiger partial charge in [0, 0.05) is 47.9 Å². The minimum Gasteiger partial charge on any atom is -0.457 e. The third-order valence-electron chi connectivity index (χ3n) is 14.5. The zero-order valence-electron chi connectivity index (χ0n) is 42.6. The van der Waals surface area contributed by atoms with Crippen molar-refractivity contribution in [3.05, 3.63) is 74.8 Å². The Morgan fingerprint density at radius 1 is 0.946 bits per heavy atom. The monoisotopic (exact) mass is 1020 g/mol. The highest BCUT2D eigenvalue weighted by Crippen LogP contribution is 2.42. The summed E-state index contributed by atoms with van der Waals surface area (Å²) in [5.41, 5.74) is 2.56. The molecule has 0 bridgehead atoms. The molecule has 3 unspecified atom stereocenters. The number of nitrogens with one attached hydrogen (secondary N) is 3. The highest BCUT2D eigenvalue weighted by molar-refractivity contribution is 6.03. The van der Waals surface area contributed by atoms with Gasteiger partial charge in [-0.3, -0.25) is 33.7 Å². The fourth-order valence-corrected chi connectivity index (χ4v) is 10.2. The van der Waals surface area contributed by atoms with Crippen LogP contribution in [0, 0.1) is 23.7 Å². The lowest BCUT2D eigenvalue weighted by Crippen LogP contribution is -2.48. The molecule has 74 heavy (non-hydrogen) atoms. The number of hydrogen-bond donors (Lipinski definition) is 3. The molecule has 6 heterocycles. The van der Waals surface area contributed by atoms with Crippen molar-refractivity contribution in [2.75, 3.05) is 46.1 Å². The summed E-state index contributed by atoms with van der Waals surface area (Å²) in [6.07, 6.45) is 4.39. The number of aromatic nitrogens is 5. The number of hydrogen-bond acceptors (Lipinski definition) is 16. The van der Waals surface area contributed by atoms with E-state index >= 15 is 0 Å². The van der Waals surface area contributed by atoms with Crippen molar-refractivity contribution >= 4 is 52.6 Å². The van der Waals surface area contributed by atoms with Gasteiger partial charge in [-0.25, -0.2) is 19.3 Å². The molecule has 0 radical (unpaired) electrons. The Kier molecular flexibility index (Phi) is 16.8. The van der Waals surface area contributed by atoms with E-state index in [0.717, 1.165) is 41.3 Å². The zero-order chi connectivity index (χ0) is 52.7. The van der Waals surface area contributed by atoms with Crippen molar-refractivity contribution in [2.24, 2.45) is 23.7 Å². The number of esters is 1. The van der Waals surface area contributed by atoms with Crippen LogP contribution in [0.4, 0.5) is 4.79 Å². The van der Waals surface area contributed by atoms with Gasteiger partial charge >= 0.3 is 12.1 Å². The highest BCUT2D eigenvalue weighted by Gasteiger charge is 2.51. The van der Waals surface area contributed by atoms with Crippen LogP contribution in [0.5, 0.6) is 0 Å². The minimum atomic E-state index is -1.98. The Morgan fingerprint density at radius 2 is 1.72 bits per heavy atom. The first-order valence-electron chi connectivity index (χ1n) is 25.5. The zero-order valence-corrected chi connectivity index (χ0v) is 42.6. The van der Waals surface area contributed by atoms with Crippen molar-refractivity contribution in [2.45, 2.75) is 117 Å². The van der Waals surface area contributed by atoms with E-state index in [1.165, 1.54) is 4.90 Å². The highest BCUT2D eigenvalue weighted by atomic mass is 16.7. The Balaban J connectivity index is 0.714. The number of rotatable bonds is 22. The number of carbonyl (C=O) groups is 7. The molecule has 3 aliphatic heterocycles. The van der Waals surface area contributed by atoms with Crippen molar-refractivity contribution < 1.29 is 57.2 Å². The molecule has 3 atom stereocenters. The number of aryl methyl sites for hydroxylation is 1. The average Bonchev–Trinajstić information content (AvgIpc) is 4.07. The SMILES string of the molecule is CCc1c2c(nc3ccccc13)-c1cc3c(c(=O)n1C2)COC(=O)C3(CC)OC(=O)OCC(NC(=O)COCC(=O)NCCOCCn1cc(CNC(=O)C2CCC(CN3C(=O)CC(C)C3=O)CC2)nn1)C(C)C. The molecule has 4 aliphatic rings. The first kappa shape index (κ1) is 53.2. The minimum absolute atomic E-state index is 0.0557. The van der Waals surface area contributed by atoms with Gasteiger partial charge in [0.05, 0.1) is 67.6 Å². The second kappa shape index (κ2) is 23.4. The average molecular weight is 1020 g/mol. The molecule has 22 nitrogen and oxygen atoms in total. The van der Waals surface area contributed by atoms with Gasteiger partial charge in [0.1, 0.15) is 32.1 Å². The molecule has 396 valence electrons. The smallest absolute Gasteiger partial charge is 0.457 e. The number of carbonyl (C=O) groups excluding carboxylic acids is 7. The van der Waals surface area contributed by atoms with Gasteiger partial charge in [-0.1, -0.05) is 58.0 Å². The van der Waals surface area contributed by atoms with Crippen LogP contribution in [0.3, 0.4) is 0 Å². The van der Waals surface area contributed by atoms with E-state index in [2.05, 4.69) is 33.2 Å². The Bertz CT molecular complexity index is 2850. The molecule has 3 aromatic heterocycles. The summed E-state index contributed by atoms with van der Waals surface area (Å²) in [6.45, 7) is 9.64. The van der Waals surface area contributed by atoms with E-state index in [4.69, 9.17) is 28.7 Å². The van der Waals surface area contributed by atoms with Crippen LogP contribution < -0.4 is 21.5 Å². The fourth-order valence-electron chi connectivity index (χ4n) is 10.2. The Morgan fingerprint density at radius 3 is 2.45 bits per heavy atom. The van der Waals surface area contributed by atoms with Crippen LogP contribution >= 0.6 is 0 Å². The molecule has 1 saturated heterocycles. The topological polar surface area (TPSA) is 271 Å². The number of benzene rings is 1. The predicted molar refractivity (Wildman–Crippen MR) is 263 cm³/mol. The first-order chi connectivity index (χ1) is 35.6. The summed E-state index contributed by atoms with van der Waals surface area (Å²) in [7, 11) is 0. The number of amides is 5. The molecule has 22 heteroatoms. The van der Waals surface area contributed by atoms with Gasteiger partial charge in [0.25, 0.3) is 5.56 Å². The summed E-state index contributed by atoms with van der Waals surface area (Å²) in [6, 6.07) is 8.77. The second-order valence-corrected chi connectivity index (χ2v) is 19.8. The molecule has 1 aliphatic carbocycles. The molecule has 5 amide bonds. The van der Waals surface area contributed by atoms with Crippen molar-refractivity contribution in [3.8, 4) is 11.4 Å². The van der Waals surface area contributed by atoms with Crippen molar-refractivity contribution in [1.82, 2.24) is 45.4 Å². The van der Waals surface area contributed by atoms with Crippen molar-refractivity contribution in [3.63, 3.8) is 0 Å². The lowest BCUT2D eigenvalue weighted by molar-refractivity contribution is -0.175. The number of likely N-dealkylation sites (tertiary alicyclic amines) is 1. The molecule has 3 N–H and O–H groups in total. The van der Waals surface area contributed by atoms with Crippen LogP contribution in [0.1, 0.15) is 101 Å². The molecular formula is C52H65N9O13. The number of cyclic esters (lactones) is 1. The number of pyridine rings is 2. The lowest BCUT2D eigenvalue weighted by Gasteiger charge is -2.35. The van der Waals surface area contributed by atoms with E-state index in [1.807, 2.05) is 24.3 Å². The standard InChI is InChI=1S/C52H65N9O13/c1-6-35-36-10-8-9-11-40(36)56-46-37(35)25-60-42(46)21-39-38(49(60)67)26-72-50(68)52(39,7-2)74-51(69)73-27-41(30(3)4)55-44(63)29-71-28-43(62)53-16-18-70-19-17-59-24-34(57-58-59)22-54-47(65)33-14-12-32(13-15-33)23-61-45(64)20-31(5)48(61)66/h8-11,21,24,30-33,41H,6-7,12-20,22-23,25-29H2,1-5H3,(H,53,62)(H,54,65)(H,55,63). The number of ether oxygens (including phenoxy) is 5. The van der Waals surface area contributed by atoms with E-state index < -0.39 is 48.8 Å². The van der Waals surface area contributed by atoms with E-state index in [1.54, 1.807) is 49.2 Å². The number of para-hydroxylation sites is 1. The van der Waals surface area contributed by atoms with Crippen LogP contribution in [0.25, 0.3) is 22.3 Å².